The van der Waals surface area contributed by atoms with Crippen LogP contribution in [0.25, 0.3) is 0 Å². The molecule has 0 radical (unpaired) electrons. The van der Waals surface area contributed by atoms with E-state index in [2.05, 4.69) is 0 Å². The van der Waals surface area contributed by atoms with Crippen LogP contribution in [0.5, 0.6) is 0 Å². The number of hydrogen-bond donors (Lipinski definition) is 1. The van der Waals surface area contributed by atoms with Crippen molar-refractivity contribution < 1.29 is 26.4 Å². The Hall–Kier alpha value is -2.06. The van der Waals surface area contributed by atoms with Gasteiger partial charge in [0.25, 0.3) is 10.0 Å². The molecule has 0 aliphatic rings. The van der Waals surface area contributed by atoms with Crippen molar-refractivity contribution in [3.05, 3.63) is 64.7 Å². The van der Waals surface area contributed by atoms with Gasteiger partial charge in [-0.3, -0.25) is 4.79 Å². The summed E-state index contributed by atoms with van der Waals surface area (Å²) >= 11 is 5.69. The number of halogens is 4. The monoisotopic (exact) mass is 405 g/mol. The lowest BCUT2D eigenvalue weighted by molar-refractivity contribution is -0.137. The van der Waals surface area contributed by atoms with E-state index in [1.165, 1.54) is 43.3 Å². The number of benzene rings is 2. The zero-order valence-corrected chi connectivity index (χ0v) is 15.1. The predicted octanol–water partition coefficient (Wildman–Crippen LogP) is 4.04. The van der Waals surface area contributed by atoms with Crippen LogP contribution in [0.2, 0.25) is 5.02 Å². The van der Waals surface area contributed by atoms with Gasteiger partial charge in [-0.05, 0) is 48.4 Å². The molecule has 2 aromatic rings. The SMILES string of the molecule is CC(Cc1ccc(C(F)(F)F)cc1)C(=O)NS(=O)(=O)c1ccc(Cl)cc1. The lowest BCUT2D eigenvalue weighted by atomic mass is 9.99. The van der Waals surface area contributed by atoms with Crippen LogP contribution in [-0.2, 0) is 27.4 Å². The molecule has 0 aliphatic heterocycles. The van der Waals surface area contributed by atoms with Gasteiger partial charge in [0.15, 0.2) is 0 Å². The van der Waals surface area contributed by atoms with Crippen molar-refractivity contribution in [2.75, 3.05) is 0 Å². The minimum atomic E-state index is -4.44. The Kier molecular flexibility index (Phi) is 5.98. The summed E-state index contributed by atoms with van der Waals surface area (Å²) < 4.78 is 63.9. The van der Waals surface area contributed by atoms with E-state index in [9.17, 15) is 26.4 Å². The minimum absolute atomic E-state index is 0.0973. The first-order valence-electron chi connectivity index (χ1n) is 7.47. The number of hydrogen-bond acceptors (Lipinski definition) is 3. The van der Waals surface area contributed by atoms with Gasteiger partial charge in [-0.15, -0.1) is 0 Å². The average Bonchev–Trinajstić information content (AvgIpc) is 2.54. The highest BCUT2D eigenvalue weighted by molar-refractivity contribution is 7.90. The van der Waals surface area contributed by atoms with Crippen LogP contribution >= 0.6 is 11.6 Å². The summed E-state index contributed by atoms with van der Waals surface area (Å²) in [6.45, 7) is 1.49. The predicted molar refractivity (Wildman–Crippen MR) is 91.1 cm³/mol. The number of carbonyl (C=O) groups is 1. The van der Waals surface area contributed by atoms with Gasteiger partial charge in [0, 0.05) is 10.9 Å². The fourth-order valence-electron chi connectivity index (χ4n) is 2.18. The largest absolute Gasteiger partial charge is 0.416 e. The Morgan fingerprint density at radius 1 is 1.08 bits per heavy atom. The van der Waals surface area contributed by atoms with Gasteiger partial charge in [0.05, 0.1) is 10.5 Å². The molecular formula is C17H15ClF3NO3S. The van der Waals surface area contributed by atoms with Crippen molar-refractivity contribution in [1.82, 2.24) is 4.72 Å². The van der Waals surface area contributed by atoms with Crippen LogP contribution in [0.4, 0.5) is 13.2 Å². The summed E-state index contributed by atoms with van der Waals surface area (Å²) in [6, 6.07) is 9.66. The molecule has 0 spiro atoms. The quantitative estimate of drug-likeness (QED) is 0.816. The first kappa shape index (κ1) is 20.3. The Morgan fingerprint density at radius 2 is 1.62 bits per heavy atom. The van der Waals surface area contributed by atoms with E-state index in [-0.39, 0.29) is 11.3 Å². The molecule has 140 valence electrons. The lowest BCUT2D eigenvalue weighted by Gasteiger charge is -2.13. The third-order valence-electron chi connectivity index (χ3n) is 3.63. The second-order valence-electron chi connectivity index (χ2n) is 5.72. The van der Waals surface area contributed by atoms with E-state index in [1.54, 1.807) is 0 Å². The molecule has 1 unspecified atom stereocenters. The van der Waals surface area contributed by atoms with Gasteiger partial charge < -0.3 is 0 Å². The lowest BCUT2D eigenvalue weighted by Crippen LogP contribution is -2.35. The summed E-state index contributed by atoms with van der Waals surface area (Å²) in [5.41, 5.74) is -0.298. The highest BCUT2D eigenvalue weighted by Gasteiger charge is 2.30. The van der Waals surface area contributed by atoms with Crippen molar-refractivity contribution >= 4 is 27.5 Å². The first-order chi connectivity index (χ1) is 12.0. The fourth-order valence-corrected chi connectivity index (χ4v) is 3.39. The zero-order chi connectivity index (χ0) is 19.5. The Labute approximate surface area is 154 Å². The highest BCUT2D eigenvalue weighted by Crippen LogP contribution is 2.29. The van der Waals surface area contributed by atoms with Crippen LogP contribution in [-0.4, -0.2) is 14.3 Å². The Bertz CT molecular complexity index is 879. The van der Waals surface area contributed by atoms with E-state index >= 15 is 0 Å². The van der Waals surface area contributed by atoms with Crippen LogP contribution in [0, 0.1) is 5.92 Å². The van der Waals surface area contributed by atoms with Gasteiger partial charge in [0.1, 0.15) is 0 Å². The first-order valence-corrected chi connectivity index (χ1v) is 9.33. The smallest absolute Gasteiger partial charge is 0.274 e. The molecule has 4 nitrogen and oxygen atoms in total. The zero-order valence-electron chi connectivity index (χ0n) is 13.5. The normalized spacial score (nSPS) is 13.3. The van der Waals surface area contributed by atoms with Crippen molar-refractivity contribution in [2.45, 2.75) is 24.4 Å². The number of sulfonamides is 1. The van der Waals surface area contributed by atoms with Crippen LogP contribution in [0.3, 0.4) is 0 Å². The fraction of sp³-hybridized carbons (Fsp3) is 0.235. The topological polar surface area (TPSA) is 63.2 Å². The van der Waals surface area contributed by atoms with E-state index in [0.29, 0.717) is 10.6 Å². The van der Waals surface area contributed by atoms with E-state index in [0.717, 1.165) is 12.1 Å². The molecular weight excluding hydrogens is 391 g/mol. The maximum atomic E-state index is 12.5. The molecule has 2 aromatic carbocycles. The van der Waals surface area contributed by atoms with Crippen LogP contribution in [0.15, 0.2) is 53.4 Å². The van der Waals surface area contributed by atoms with Gasteiger partial charge >= 0.3 is 6.18 Å². The third kappa shape index (κ3) is 5.22. The maximum Gasteiger partial charge on any atom is 0.416 e. The second kappa shape index (κ2) is 7.67. The second-order valence-corrected chi connectivity index (χ2v) is 7.84. The van der Waals surface area contributed by atoms with Gasteiger partial charge in [-0.25, -0.2) is 13.1 Å². The molecule has 0 fully saturated rings. The van der Waals surface area contributed by atoms with Crippen LogP contribution in [0.1, 0.15) is 18.1 Å². The van der Waals surface area contributed by atoms with E-state index < -0.39 is 33.6 Å². The molecule has 0 aliphatic carbocycles. The van der Waals surface area contributed by atoms with E-state index in [1.807, 2.05) is 4.72 Å². The van der Waals surface area contributed by atoms with Crippen molar-refractivity contribution in [3.63, 3.8) is 0 Å². The highest BCUT2D eigenvalue weighted by atomic mass is 35.5. The summed E-state index contributed by atoms with van der Waals surface area (Å²) in [4.78, 5) is 12.0. The van der Waals surface area contributed by atoms with Gasteiger partial charge in [0.2, 0.25) is 5.91 Å². The molecule has 1 atom stereocenters. The molecule has 2 rings (SSSR count). The van der Waals surface area contributed by atoms with Crippen molar-refractivity contribution in [1.29, 1.82) is 0 Å². The van der Waals surface area contributed by atoms with Crippen molar-refractivity contribution in [3.8, 4) is 0 Å². The summed E-state index contributed by atoms with van der Waals surface area (Å²) in [5.74, 6) is -1.51. The molecule has 0 saturated carbocycles. The average molecular weight is 406 g/mol. The number of alkyl halides is 3. The molecule has 1 N–H and O–H groups in total. The number of amides is 1. The van der Waals surface area contributed by atoms with Gasteiger partial charge in [-0.1, -0.05) is 30.7 Å². The number of rotatable bonds is 5. The number of nitrogens with one attached hydrogen (secondary N) is 1. The summed E-state index contributed by atoms with van der Waals surface area (Å²) in [7, 11) is -4.05. The molecule has 1 amide bonds. The van der Waals surface area contributed by atoms with Gasteiger partial charge in [-0.2, -0.15) is 13.2 Å². The minimum Gasteiger partial charge on any atom is -0.274 e. The molecule has 0 bridgehead atoms. The Balaban J connectivity index is 2.04. The standard InChI is InChI=1S/C17H15ClF3NO3S/c1-11(10-12-2-4-13(5-3-12)17(19,20)21)16(23)22-26(24,25)15-8-6-14(18)7-9-15/h2-9,11H,10H2,1H3,(H,22,23). The third-order valence-corrected chi connectivity index (χ3v) is 5.24. The number of carbonyl (C=O) groups excluding carboxylic acids is 1. The molecule has 0 heterocycles. The van der Waals surface area contributed by atoms with Crippen molar-refractivity contribution in [2.24, 2.45) is 5.92 Å². The maximum absolute atomic E-state index is 12.5. The molecule has 0 aromatic heterocycles. The van der Waals surface area contributed by atoms with Crippen LogP contribution < -0.4 is 4.72 Å². The summed E-state index contributed by atoms with van der Waals surface area (Å²) in [6.07, 6.45) is -4.34. The van der Waals surface area contributed by atoms with E-state index in [4.69, 9.17) is 11.6 Å². The molecule has 9 heteroatoms. The molecule has 0 saturated heterocycles. The molecule has 26 heavy (non-hydrogen) atoms. The Morgan fingerprint density at radius 3 is 2.12 bits per heavy atom. The summed E-state index contributed by atoms with van der Waals surface area (Å²) in [5, 5.41) is 0.353.